The van der Waals surface area contributed by atoms with E-state index in [1.807, 2.05) is 48.5 Å². The number of ether oxygens (including phenoxy) is 2. The molecule has 9 heteroatoms. The topological polar surface area (TPSA) is 97.0 Å². The molecule has 8 nitrogen and oxygen atoms in total. The van der Waals surface area contributed by atoms with Crippen LogP contribution in [-0.2, 0) is 11.3 Å². The molecule has 0 unspecified atom stereocenters. The Morgan fingerprint density at radius 2 is 1.85 bits per heavy atom. The maximum absolute atomic E-state index is 6.01. The van der Waals surface area contributed by atoms with Gasteiger partial charge in [-0.2, -0.15) is 4.98 Å². The van der Waals surface area contributed by atoms with E-state index in [0.717, 1.165) is 52.3 Å². The predicted octanol–water partition coefficient (Wildman–Crippen LogP) is 5.37. The van der Waals surface area contributed by atoms with E-state index in [2.05, 4.69) is 36.6 Å². The Kier molecular flexibility index (Phi) is 5.37. The quantitative estimate of drug-likeness (QED) is 0.293. The number of benzene rings is 3. The molecule has 0 aliphatic carbocycles. The number of imidazole rings is 1. The Morgan fingerprint density at radius 1 is 1.00 bits per heavy atom. The molecule has 3 aromatic carbocycles. The van der Waals surface area contributed by atoms with Gasteiger partial charge in [0.15, 0.2) is 0 Å². The zero-order chi connectivity index (χ0) is 22.9. The van der Waals surface area contributed by atoms with Crippen LogP contribution in [0.15, 0.2) is 66.9 Å². The summed E-state index contributed by atoms with van der Waals surface area (Å²) < 4.78 is 11.0. The summed E-state index contributed by atoms with van der Waals surface area (Å²) in [6, 6.07) is 20.0. The lowest BCUT2D eigenvalue weighted by molar-refractivity contribution is 0.0211. The molecule has 170 valence electrons. The Balaban J connectivity index is 1.08. The van der Waals surface area contributed by atoms with E-state index in [1.165, 1.54) is 0 Å². The molecular weight excluding hydrogens is 452 g/mol. The molecule has 3 N–H and O–H groups in total. The van der Waals surface area contributed by atoms with Gasteiger partial charge >= 0.3 is 6.01 Å². The van der Waals surface area contributed by atoms with Crippen LogP contribution in [0.1, 0.15) is 5.56 Å². The summed E-state index contributed by atoms with van der Waals surface area (Å²) in [6.45, 7) is 2.13. The van der Waals surface area contributed by atoms with Gasteiger partial charge in [-0.15, -0.1) is 0 Å². The monoisotopic (exact) mass is 472 g/mol. The van der Waals surface area contributed by atoms with Crippen molar-refractivity contribution in [1.29, 1.82) is 0 Å². The molecule has 0 bridgehead atoms. The maximum Gasteiger partial charge on any atom is 0.322 e. The third kappa shape index (κ3) is 4.46. The number of hydrogen-bond acceptors (Lipinski definition) is 7. The SMILES string of the molecule is Clc1ccc2nc(Oc3ccc(CNc4nc5ccc(NC6COC6)cc5[nH]4)cc3)ncc2c1. The second-order valence-corrected chi connectivity index (χ2v) is 8.59. The number of fused-ring (bicyclic) bond motifs is 2. The molecule has 0 radical (unpaired) electrons. The molecule has 5 aromatic rings. The Hall–Kier alpha value is -3.88. The summed E-state index contributed by atoms with van der Waals surface area (Å²) in [5.74, 6) is 1.39. The molecule has 1 saturated heterocycles. The van der Waals surface area contributed by atoms with Crippen LogP contribution in [0.25, 0.3) is 21.9 Å². The number of halogens is 1. The second-order valence-electron chi connectivity index (χ2n) is 8.15. The molecule has 3 heterocycles. The van der Waals surface area contributed by atoms with Gasteiger partial charge in [0.05, 0.1) is 35.8 Å². The highest BCUT2D eigenvalue weighted by atomic mass is 35.5. The minimum atomic E-state index is 0.293. The predicted molar refractivity (Wildman–Crippen MR) is 133 cm³/mol. The van der Waals surface area contributed by atoms with Crippen LogP contribution in [0.2, 0.25) is 5.02 Å². The Labute approximate surface area is 200 Å². The van der Waals surface area contributed by atoms with E-state index in [-0.39, 0.29) is 0 Å². The zero-order valence-corrected chi connectivity index (χ0v) is 18.8. The highest BCUT2D eigenvalue weighted by Crippen LogP contribution is 2.24. The highest BCUT2D eigenvalue weighted by Gasteiger charge is 2.17. The number of hydrogen-bond donors (Lipinski definition) is 3. The number of aromatic nitrogens is 4. The zero-order valence-electron chi connectivity index (χ0n) is 18.1. The van der Waals surface area contributed by atoms with E-state index >= 15 is 0 Å². The van der Waals surface area contributed by atoms with Crippen molar-refractivity contribution < 1.29 is 9.47 Å². The van der Waals surface area contributed by atoms with Crippen molar-refractivity contribution >= 4 is 45.2 Å². The van der Waals surface area contributed by atoms with Crippen molar-refractivity contribution in [3.8, 4) is 11.8 Å². The first-order chi connectivity index (χ1) is 16.7. The Bertz CT molecular complexity index is 1470. The molecule has 0 saturated carbocycles. The number of nitrogens with zero attached hydrogens (tertiary/aromatic N) is 3. The normalized spacial score (nSPS) is 13.7. The Morgan fingerprint density at radius 3 is 2.68 bits per heavy atom. The molecule has 0 amide bonds. The average molecular weight is 473 g/mol. The fourth-order valence-corrected chi connectivity index (χ4v) is 3.92. The smallest absolute Gasteiger partial charge is 0.322 e. The van der Waals surface area contributed by atoms with Crippen LogP contribution in [0.5, 0.6) is 11.8 Å². The van der Waals surface area contributed by atoms with Crippen LogP contribution in [0.3, 0.4) is 0 Å². The van der Waals surface area contributed by atoms with Gasteiger partial charge in [0.2, 0.25) is 5.95 Å². The largest absolute Gasteiger partial charge is 0.424 e. The summed E-state index contributed by atoms with van der Waals surface area (Å²) in [5, 5.41) is 8.31. The molecule has 1 aliphatic rings. The fraction of sp³-hybridized carbons (Fsp3) is 0.160. The van der Waals surface area contributed by atoms with Gasteiger partial charge in [-0.1, -0.05) is 23.7 Å². The summed E-state index contributed by atoms with van der Waals surface area (Å²) in [5.41, 5.74) is 4.83. The van der Waals surface area contributed by atoms with Gasteiger partial charge in [-0.05, 0) is 54.1 Å². The molecule has 2 aromatic heterocycles. The molecular formula is C25H21ClN6O2. The summed E-state index contributed by atoms with van der Waals surface area (Å²) in [7, 11) is 0. The fourth-order valence-electron chi connectivity index (χ4n) is 3.74. The van der Waals surface area contributed by atoms with E-state index in [9.17, 15) is 0 Å². The first-order valence-corrected chi connectivity index (χ1v) is 11.3. The van der Waals surface area contributed by atoms with Crippen LogP contribution in [-0.4, -0.2) is 39.2 Å². The van der Waals surface area contributed by atoms with E-state index in [1.54, 1.807) is 12.3 Å². The average Bonchev–Trinajstić information content (AvgIpc) is 3.23. The van der Waals surface area contributed by atoms with Gasteiger partial charge in [-0.3, -0.25) is 0 Å². The van der Waals surface area contributed by atoms with Crippen molar-refractivity contribution in [2.75, 3.05) is 23.8 Å². The minimum absolute atomic E-state index is 0.293. The molecule has 0 spiro atoms. The van der Waals surface area contributed by atoms with E-state index in [4.69, 9.17) is 21.1 Å². The number of anilines is 2. The first-order valence-electron chi connectivity index (χ1n) is 10.9. The standard InChI is InChI=1S/C25H21ClN6O2/c26-17-3-7-21-16(9-17)12-28-25(32-21)34-20-5-1-15(2-6-20)11-27-24-30-22-8-4-18(10-23(22)31-24)29-19-13-33-14-19/h1-10,12,19,29H,11,13-14H2,(H2,27,30,31). The van der Waals surface area contributed by atoms with Gasteiger partial charge in [0.25, 0.3) is 0 Å². The molecule has 1 fully saturated rings. The highest BCUT2D eigenvalue weighted by molar-refractivity contribution is 6.31. The summed E-state index contributed by atoms with van der Waals surface area (Å²) in [6.07, 6.45) is 1.70. The molecule has 6 rings (SSSR count). The number of H-pyrrole nitrogens is 1. The lowest BCUT2D eigenvalue weighted by atomic mass is 10.2. The van der Waals surface area contributed by atoms with Gasteiger partial charge in [-0.25, -0.2) is 9.97 Å². The van der Waals surface area contributed by atoms with Crippen molar-refractivity contribution in [3.63, 3.8) is 0 Å². The lowest BCUT2D eigenvalue weighted by Gasteiger charge is -2.27. The summed E-state index contributed by atoms with van der Waals surface area (Å²) >= 11 is 6.01. The van der Waals surface area contributed by atoms with Crippen LogP contribution >= 0.6 is 11.6 Å². The molecule has 34 heavy (non-hydrogen) atoms. The van der Waals surface area contributed by atoms with Gasteiger partial charge < -0.3 is 25.1 Å². The summed E-state index contributed by atoms with van der Waals surface area (Å²) in [4.78, 5) is 16.7. The van der Waals surface area contributed by atoms with Crippen LogP contribution in [0, 0.1) is 0 Å². The van der Waals surface area contributed by atoms with Crippen molar-refractivity contribution in [3.05, 3.63) is 77.4 Å². The van der Waals surface area contributed by atoms with Gasteiger partial charge in [0, 0.05) is 28.8 Å². The molecule has 1 aliphatic heterocycles. The number of aromatic amines is 1. The van der Waals surface area contributed by atoms with Crippen LogP contribution < -0.4 is 15.4 Å². The maximum atomic E-state index is 6.01. The third-order valence-electron chi connectivity index (χ3n) is 5.60. The van der Waals surface area contributed by atoms with Crippen molar-refractivity contribution in [1.82, 2.24) is 19.9 Å². The lowest BCUT2D eigenvalue weighted by Crippen LogP contribution is -2.40. The van der Waals surface area contributed by atoms with E-state index in [0.29, 0.717) is 29.4 Å². The number of rotatable bonds is 7. The van der Waals surface area contributed by atoms with E-state index < -0.39 is 0 Å². The number of nitrogens with one attached hydrogen (secondary N) is 3. The second kappa shape index (κ2) is 8.81. The minimum Gasteiger partial charge on any atom is -0.424 e. The van der Waals surface area contributed by atoms with Crippen LogP contribution in [0.4, 0.5) is 11.6 Å². The van der Waals surface area contributed by atoms with Crippen molar-refractivity contribution in [2.24, 2.45) is 0 Å². The third-order valence-corrected chi connectivity index (χ3v) is 5.84. The molecule has 0 atom stereocenters. The first kappa shape index (κ1) is 20.7. The van der Waals surface area contributed by atoms with Gasteiger partial charge in [0.1, 0.15) is 5.75 Å². The van der Waals surface area contributed by atoms with Crippen molar-refractivity contribution in [2.45, 2.75) is 12.6 Å².